The fourth-order valence-electron chi connectivity index (χ4n) is 7.83. The Hall–Kier alpha value is -5.87. The molecule has 2 aliphatic heterocycles. The predicted molar refractivity (Wildman–Crippen MR) is 190 cm³/mol. The standard InChI is InChI=1S/C36H29F6N9O3S/c37-16-10-35(6-2-8-51(35)12-16)14-54-34-49-28-25(33(50-34)48-22(9-17-13-53-15-47-17)18-3-1-7-46-31(18)44)29(52)26(36(40,41)42)24(27(28)39)19-4-5-21(38)30-23(19)20(11-43)32(45)55-30/h1,3-5,7,13,15-16,22,52H,2,6,8-10,12,14,45H2,(H2,44,46)(H,48,49,50)/t16-,22-,35+/m1/s1. The maximum absolute atomic E-state index is 17.3. The molecule has 2 aromatic carbocycles. The van der Waals surface area contributed by atoms with E-state index in [1.165, 1.54) is 18.9 Å². The summed E-state index contributed by atoms with van der Waals surface area (Å²) in [5, 5.41) is 23.2. The maximum Gasteiger partial charge on any atom is 0.420 e. The largest absolute Gasteiger partial charge is 0.506 e. The Bertz CT molecular complexity index is 2510. The molecule has 12 nitrogen and oxygen atoms in total. The van der Waals surface area contributed by atoms with E-state index >= 15 is 22.0 Å². The molecule has 19 heteroatoms. The summed E-state index contributed by atoms with van der Waals surface area (Å²) in [4.78, 5) is 18.8. The predicted octanol–water partition coefficient (Wildman–Crippen LogP) is 7.28. The molecular formula is C36H29F6N9O3S. The van der Waals surface area contributed by atoms with E-state index in [2.05, 4.69) is 25.3 Å². The number of pyridine rings is 1. The fraction of sp³-hybridized carbons (Fsp3) is 0.306. The van der Waals surface area contributed by atoms with Crippen LogP contribution < -0.4 is 21.5 Å². The number of halogens is 6. The lowest BCUT2D eigenvalue weighted by Gasteiger charge is -2.31. The van der Waals surface area contributed by atoms with Crippen LogP contribution in [0.1, 0.15) is 47.7 Å². The van der Waals surface area contributed by atoms with Gasteiger partial charge < -0.3 is 31.0 Å². The van der Waals surface area contributed by atoms with Crippen LogP contribution in [0.5, 0.6) is 11.8 Å². The van der Waals surface area contributed by atoms with Crippen molar-refractivity contribution in [3.8, 4) is 29.0 Å². The van der Waals surface area contributed by atoms with Crippen LogP contribution in [0.15, 0.2) is 47.5 Å². The van der Waals surface area contributed by atoms with Crippen LogP contribution in [0.4, 0.5) is 43.0 Å². The van der Waals surface area contributed by atoms with Crippen LogP contribution in [0.3, 0.4) is 0 Å². The highest BCUT2D eigenvalue weighted by Crippen LogP contribution is 2.52. The lowest BCUT2D eigenvalue weighted by atomic mass is 9.91. The first kappa shape index (κ1) is 36.1. The summed E-state index contributed by atoms with van der Waals surface area (Å²) in [5.41, 5.74) is 7.40. The first-order valence-corrected chi connectivity index (χ1v) is 17.7. The number of aromatic nitrogens is 4. The smallest absolute Gasteiger partial charge is 0.420 e. The molecule has 3 atom stereocenters. The van der Waals surface area contributed by atoms with Crippen LogP contribution in [0, 0.1) is 23.0 Å². The van der Waals surface area contributed by atoms with E-state index in [0.29, 0.717) is 35.6 Å². The average Bonchev–Trinajstić information content (AvgIpc) is 3.92. The van der Waals surface area contributed by atoms with E-state index in [-0.39, 0.29) is 52.5 Å². The molecule has 6 heterocycles. The SMILES string of the molecule is N#Cc1c(N)sc2c(F)ccc(-c3c(C(F)(F)F)c(O)c4c(N[C@H](Cc5cocn5)c5cccnc5N)nc(OC[C@@]56CCCN5C[C@H](F)C6)nc4c3F)c12. The summed E-state index contributed by atoms with van der Waals surface area (Å²) in [6.45, 7) is 0.693. The number of nitrogen functional groups attached to an aromatic ring is 2. The summed E-state index contributed by atoms with van der Waals surface area (Å²) in [6, 6.07) is 5.17. The Morgan fingerprint density at radius 1 is 1.18 bits per heavy atom. The Morgan fingerprint density at radius 2 is 2.00 bits per heavy atom. The number of hydrogen-bond donors (Lipinski definition) is 4. The molecule has 284 valence electrons. The maximum atomic E-state index is 17.3. The number of aromatic hydroxyl groups is 1. The lowest BCUT2D eigenvalue weighted by Crippen LogP contribution is -2.43. The van der Waals surface area contributed by atoms with Gasteiger partial charge in [0.05, 0.1) is 32.9 Å². The third kappa shape index (κ3) is 6.14. The summed E-state index contributed by atoms with van der Waals surface area (Å²) in [5.74, 6) is -4.41. The van der Waals surface area contributed by atoms with Gasteiger partial charge >= 0.3 is 12.2 Å². The molecule has 2 fully saturated rings. The first-order valence-electron chi connectivity index (χ1n) is 16.9. The van der Waals surface area contributed by atoms with Gasteiger partial charge in [0.1, 0.15) is 64.4 Å². The van der Waals surface area contributed by atoms with Crippen molar-refractivity contribution in [3.63, 3.8) is 0 Å². The highest BCUT2D eigenvalue weighted by molar-refractivity contribution is 7.23. The van der Waals surface area contributed by atoms with Gasteiger partial charge in [-0.25, -0.2) is 23.1 Å². The van der Waals surface area contributed by atoms with Crippen LogP contribution in [0.2, 0.25) is 0 Å². The van der Waals surface area contributed by atoms with E-state index in [4.69, 9.17) is 20.6 Å². The molecule has 55 heavy (non-hydrogen) atoms. The van der Waals surface area contributed by atoms with E-state index in [1.807, 2.05) is 4.90 Å². The highest BCUT2D eigenvalue weighted by Gasteiger charge is 2.49. The van der Waals surface area contributed by atoms with Gasteiger partial charge in [-0.3, -0.25) is 4.90 Å². The van der Waals surface area contributed by atoms with E-state index in [0.717, 1.165) is 18.6 Å². The first-order chi connectivity index (χ1) is 26.3. The molecule has 0 bridgehead atoms. The summed E-state index contributed by atoms with van der Waals surface area (Å²) < 4.78 is 103. The number of thiophene rings is 1. The van der Waals surface area contributed by atoms with Gasteiger partial charge in [0.15, 0.2) is 12.2 Å². The van der Waals surface area contributed by atoms with Gasteiger partial charge in [-0.2, -0.15) is 28.4 Å². The third-order valence-electron chi connectivity index (χ3n) is 10.2. The Morgan fingerprint density at radius 3 is 2.73 bits per heavy atom. The van der Waals surface area contributed by atoms with Gasteiger partial charge in [-0.15, -0.1) is 11.3 Å². The van der Waals surface area contributed by atoms with Gasteiger partial charge in [-0.05, 0) is 37.1 Å². The molecule has 6 aromatic rings. The zero-order chi connectivity index (χ0) is 38.8. The second-order valence-electron chi connectivity index (χ2n) is 13.5. The normalized spacial score (nSPS) is 19.2. The van der Waals surface area contributed by atoms with E-state index in [9.17, 15) is 14.8 Å². The van der Waals surface area contributed by atoms with Crippen LogP contribution in [-0.4, -0.2) is 61.3 Å². The molecule has 0 amide bonds. The van der Waals surface area contributed by atoms with Crippen LogP contribution >= 0.6 is 11.3 Å². The quantitative estimate of drug-likeness (QED) is 0.108. The Labute approximate surface area is 311 Å². The lowest BCUT2D eigenvalue weighted by molar-refractivity contribution is -0.138. The minimum atomic E-state index is -5.43. The topological polar surface area (TPSA) is 185 Å². The van der Waals surface area contributed by atoms with Crippen molar-refractivity contribution in [2.75, 3.05) is 36.5 Å². The number of nitrogens with zero attached hydrogens (tertiary/aromatic N) is 6. The molecule has 6 N–H and O–H groups in total. The molecule has 4 aromatic heterocycles. The second-order valence-corrected chi connectivity index (χ2v) is 14.5. The van der Waals surface area contributed by atoms with Gasteiger partial charge in [0.2, 0.25) is 0 Å². The molecule has 2 aliphatic rings. The fourth-order valence-corrected chi connectivity index (χ4v) is 8.77. The van der Waals surface area contributed by atoms with Crippen molar-refractivity contribution in [1.82, 2.24) is 24.8 Å². The third-order valence-corrected chi connectivity index (χ3v) is 11.2. The number of phenolic OH excluding ortho intramolecular Hbond substituents is 1. The number of rotatable bonds is 9. The van der Waals surface area contributed by atoms with Crippen molar-refractivity contribution in [2.24, 2.45) is 0 Å². The molecule has 0 aliphatic carbocycles. The molecule has 0 spiro atoms. The number of ether oxygens (including phenoxy) is 1. The van der Waals surface area contributed by atoms with E-state index in [1.54, 1.807) is 18.2 Å². The van der Waals surface area contributed by atoms with Gasteiger partial charge in [0.25, 0.3) is 0 Å². The van der Waals surface area contributed by atoms with Crippen LogP contribution in [0.25, 0.3) is 32.1 Å². The van der Waals surface area contributed by atoms with Crippen molar-refractivity contribution < 1.29 is 40.6 Å². The number of fused-ring (bicyclic) bond motifs is 3. The number of nitrogens with one attached hydrogen (secondary N) is 1. The second kappa shape index (κ2) is 13.5. The molecular weight excluding hydrogens is 753 g/mol. The minimum Gasteiger partial charge on any atom is -0.506 e. The van der Waals surface area contributed by atoms with Crippen molar-refractivity contribution in [1.29, 1.82) is 5.26 Å². The number of benzene rings is 2. The van der Waals surface area contributed by atoms with Crippen molar-refractivity contribution >= 4 is 49.0 Å². The summed E-state index contributed by atoms with van der Waals surface area (Å²) >= 11 is 0.604. The number of phenols is 1. The number of hydrogen-bond acceptors (Lipinski definition) is 13. The monoisotopic (exact) mass is 781 g/mol. The van der Waals surface area contributed by atoms with Gasteiger partial charge in [-0.1, -0.05) is 12.1 Å². The van der Waals surface area contributed by atoms with Crippen molar-refractivity contribution in [2.45, 2.75) is 49.6 Å². The highest BCUT2D eigenvalue weighted by atomic mass is 32.1. The number of oxazole rings is 1. The van der Waals surface area contributed by atoms with Crippen LogP contribution in [-0.2, 0) is 12.6 Å². The van der Waals surface area contributed by atoms with E-state index < -0.39 is 80.7 Å². The Kier molecular flexibility index (Phi) is 8.84. The number of alkyl halides is 4. The molecule has 0 unspecified atom stereocenters. The van der Waals surface area contributed by atoms with Gasteiger partial charge in [0, 0.05) is 42.1 Å². The molecule has 2 saturated heterocycles. The number of anilines is 3. The average molecular weight is 782 g/mol. The molecule has 0 radical (unpaired) electrons. The minimum absolute atomic E-state index is 0.00156. The summed E-state index contributed by atoms with van der Waals surface area (Å²) in [6.07, 6.45) is -1.09. The molecule has 8 rings (SSSR count). The number of nitrogens with two attached hydrogens (primary N) is 2. The van der Waals surface area contributed by atoms with Crippen molar-refractivity contribution in [3.05, 3.63) is 77.1 Å². The number of nitriles is 1. The Balaban J connectivity index is 1.38. The summed E-state index contributed by atoms with van der Waals surface area (Å²) in [7, 11) is 0. The zero-order valence-corrected chi connectivity index (χ0v) is 29.2. The molecule has 0 saturated carbocycles. The zero-order valence-electron chi connectivity index (χ0n) is 28.4.